The van der Waals surface area contributed by atoms with Crippen LogP contribution in [0.4, 0.5) is 0 Å². The van der Waals surface area contributed by atoms with Crippen molar-refractivity contribution < 1.29 is 0 Å². The van der Waals surface area contributed by atoms with E-state index in [0.717, 1.165) is 44.6 Å². The molecule has 0 atom stereocenters. The number of hydrogen-bond acceptors (Lipinski definition) is 3. The highest BCUT2D eigenvalue weighted by Crippen LogP contribution is 2.52. The highest BCUT2D eigenvalue weighted by atomic mass is 14.9. The molecular weight excluding hydrogens is 595 g/mol. The molecule has 2 aromatic heterocycles. The molecule has 0 radical (unpaired) electrons. The average molecular weight is 628 g/mol. The molecule has 8 aromatic rings. The van der Waals surface area contributed by atoms with Crippen LogP contribution in [-0.4, -0.2) is 15.0 Å². The second-order valence-corrected chi connectivity index (χ2v) is 13.3. The Hall–Kier alpha value is -6.19. The van der Waals surface area contributed by atoms with Crippen LogP contribution < -0.4 is 0 Å². The number of nitrogens with zero attached hydrogens (tertiary/aromatic N) is 3. The van der Waals surface area contributed by atoms with Crippen molar-refractivity contribution in [2.45, 2.75) is 19.3 Å². The molecule has 0 saturated carbocycles. The van der Waals surface area contributed by atoms with Crippen molar-refractivity contribution in [3.63, 3.8) is 0 Å². The van der Waals surface area contributed by atoms with Crippen LogP contribution >= 0.6 is 0 Å². The number of aromatic nitrogens is 3. The maximum absolute atomic E-state index is 5.24. The van der Waals surface area contributed by atoms with E-state index < -0.39 is 0 Å². The Morgan fingerprint density at radius 1 is 0.429 bits per heavy atom. The molecule has 6 aromatic carbocycles. The molecule has 0 aliphatic heterocycles. The zero-order chi connectivity index (χ0) is 33.0. The van der Waals surface area contributed by atoms with Crippen LogP contribution in [0.15, 0.2) is 164 Å². The molecule has 1 aliphatic rings. The van der Waals surface area contributed by atoms with E-state index in [4.69, 9.17) is 9.97 Å². The molecule has 3 heteroatoms. The summed E-state index contributed by atoms with van der Waals surface area (Å²) in [7, 11) is 0. The lowest BCUT2D eigenvalue weighted by molar-refractivity contribution is 0.660. The molecule has 232 valence electrons. The Morgan fingerprint density at radius 2 is 1.02 bits per heavy atom. The molecule has 0 bridgehead atoms. The van der Waals surface area contributed by atoms with Crippen molar-refractivity contribution in [3.8, 4) is 67.3 Å². The van der Waals surface area contributed by atoms with E-state index in [1.165, 1.54) is 38.8 Å². The minimum absolute atomic E-state index is 0.0595. The molecule has 3 nitrogen and oxygen atoms in total. The van der Waals surface area contributed by atoms with Gasteiger partial charge in [-0.25, -0.2) is 9.97 Å². The molecule has 0 unspecified atom stereocenters. The Bertz CT molecular complexity index is 2500. The van der Waals surface area contributed by atoms with Gasteiger partial charge < -0.3 is 0 Å². The summed E-state index contributed by atoms with van der Waals surface area (Å²) in [6, 6.07) is 53.9. The van der Waals surface area contributed by atoms with Crippen LogP contribution in [0.1, 0.15) is 25.0 Å². The summed E-state index contributed by atoms with van der Waals surface area (Å²) in [5, 5.41) is 2.32. The number of fused-ring (bicyclic) bond motifs is 4. The molecular formula is C46H33N3. The third-order valence-electron chi connectivity index (χ3n) is 10.0. The van der Waals surface area contributed by atoms with Gasteiger partial charge in [0.2, 0.25) is 0 Å². The van der Waals surface area contributed by atoms with Gasteiger partial charge >= 0.3 is 0 Å². The van der Waals surface area contributed by atoms with Crippen LogP contribution in [0, 0.1) is 0 Å². The Labute approximate surface area is 286 Å². The Morgan fingerprint density at radius 3 is 1.78 bits per heavy atom. The first kappa shape index (κ1) is 29.0. The predicted molar refractivity (Wildman–Crippen MR) is 202 cm³/mol. The van der Waals surface area contributed by atoms with Crippen molar-refractivity contribution in [1.82, 2.24) is 15.0 Å². The largest absolute Gasteiger partial charge is 0.264 e. The average Bonchev–Trinajstić information content (AvgIpc) is 3.41. The molecule has 0 N–H and O–H groups in total. The van der Waals surface area contributed by atoms with Gasteiger partial charge in [-0.3, -0.25) is 4.98 Å². The third-order valence-corrected chi connectivity index (χ3v) is 10.0. The molecule has 0 fully saturated rings. The van der Waals surface area contributed by atoms with E-state index in [1.54, 1.807) is 6.20 Å². The SMILES string of the molecule is CC1(C)c2ccccc2-c2c(-c3ccc(-c4nc(-c5ccccc5)cc(-c5ccc(-c6cccnc6)cc5)n4)c4ccccc34)cccc21. The van der Waals surface area contributed by atoms with Crippen molar-refractivity contribution in [1.29, 1.82) is 0 Å². The van der Waals surface area contributed by atoms with Gasteiger partial charge in [0.15, 0.2) is 5.82 Å². The lowest BCUT2D eigenvalue weighted by Crippen LogP contribution is -2.14. The second kappa shape index (κ2) is 11.5. The highest BCUT2D eigenvalue weighted by molar-refractivity contribution is 6.07. The van der Waals surface area contributed by atoms with Crippen LogP contribution in [0.2, 0.25) is 0 Å². The molecule has 0 saturated heterocycles. The highest BCUT2D eigenvalue weighted by Gasteiger charge is 2.36. The fraction of sp³-hybridized carbons (Fsp3) is 0.0652. The summed E-state index contributed by atoms with van der Waals surface area (Å²) in [5.41, 5.74) is 14.9. The smallest absolute Gasteiger partial charge is 0.161 e. The zero-order valence-electron chi connectivity index (χ0n) is 27.4. The zero-order valence-corrected chi connectivity index (χ0v) is 27.4. The fourth-order valence-electron chi connectivity index (χ4n) is 7.55. The number of benzene rings is 6. The molecule has 9 rings (SSSR count). The van der Waals surface area contributed by atoms with Crippen molar-refractivity contribution in [3.05, 3.63) is 175 Å². The number of pyridine rings is 1. The topological polar surface area (TPSA) is 38.7 Å². The molecule has 0 amide bonds. The normalized spacial score (nSPS) is 12.9. The summed E-state index contributed by atoms with van der Waals surface area (Å²) in [4.78, 5) is 14.7. The first-order valence-electron chi connectivity index (χ1n) is 16.8. The number of rotatable bonds is 5. The van der Waals surface area contributed by atoms with E-state index in [-0.39, 0.29) is 5.41 Å². The van der Waals surface area contributed by atoms with E-state index in [0.29, 0.717) is 5.82 Å². The summed E-state index contributed by atoms with van der Waals surface area (Å²) in [5.74, 6) is 0.709. The van der Waals surface area contributed by atoms with Gasteiger partial charge in [-0.1, -0.05) is 147 Å². The maximum Gasteiger partial charge on any atom is 0.161 e. The summed E-state index contributed by atoms with van der Waals surface area (Å²) in [6.07, 6.45) is 3.69. The Balaban J connectivity index is 1.22. The molecule has 0 spiro atoms. The third kappa shape index (κ3) is 4.86. The van der Waals surface area contributed by atoms with E-state index >= 15 is 0 Å². The van der Waals surface area contributed by atoms with E-state index in [9.17, 15) is 0 Å². The first-order valence-corrected chi connectivity index (χ1v) is 16.8. The second-order valence-electron chi connectivity index (χ2n) is 13.3. The van der Waals surface area contributed by atoms with Gasteiger partial charge in [-0.15, -0.1) is 0 Å². The summed E-state index contributed by atoms with van der Waals surface area (Å²) in [6.45, 7) is 4.67. The van der Waals surface area contributed by atoms with Gasteiger partial charge in [-0.05, 0) is 73.5 Å². The summed E-state index contributed by atoms with van der Waals surface area (Å²) < 4.78 is 0. The van der Waals surface area contributed by atoms with Crippen molar-refractivity contribution in [2.24, 2.45) is 0 Å². The van der Waals surface area contributed by atoms with E-state index in [2.05, 4.69) is 158 Å². The Kier molecular flexibility index (Phi) is 6.80. The lowest BCUT2D eigenvalue weighted by atomic mass is 9.81. The monoisotopic (exact) mass is 627 g/mol. The van der Waals surface area contributed by atoms with Gasteiger partial charge in [-0.2, -0.15) is 0 Å². The number of hydrogen-bond donors (Lipinski definition) is 0. The molecule has 1 aliphatic carbocycles. The molecule has 2 heterocycles. The summed E-state index contributed by atoms with van der Waals surface area (Å²) >= 11 is 0. The van der Waals surface area contributed by atoms with Gasteiger partial charge in [0.25, 0.3) is 0 Å². The minimum Gasteiger partial charge on any atom is -0.264 e. The van der Waals surface area contributed by atoms with Crippen LogP contribution in [0.5, 0.6) is 0 Å². The van der Waals surface area contributed by atoms with Crippen LogP contribution in [0.3, 0.4) is 0 Å². The minimum atomic E-state index is -0.0595. The van der Waals surface area contributed by atoms with E-state index in [1.807, 2.05) is 18.3 Å². The van der Waals surface area contributed by atoms with Crippen LogP contribution in [0.25, 0.3) is 78.1 Å². The predicted octanol–water partition coefficient (Wildman–Crippen LogP) is 11.7. The molecule has 49 heavy (non-hydrogen) atoms. The quantitative estimate of drug-likeness (QED) is 0.191. The van der Waals surface area contributed by atoms with Crippen molar-refractivity contribution >= 4 is 10.8 Å². The lowest BCUT2D eigenvalue weighted by Gasteiger charge is -2.21. The maximum atomic E-state index is 5.24. The van der Waals surface area contributed by atoms with Gasteiger partial charge in [0.05, 0.1) is 11.4 Å². The van der Waals surface area contributed by atoms with Crippen molar-refractivity contribution in [2.75, 3.05) is 0 Å². The standard InChI is InChI=1S/C46H33N3/c1-46(2)40-19-9-8-17-39(40)44-37(18-10-20-41(44)46)36-25-26-38(35-16-7-6-15-34(35)36)45-48-42(31-12-4-3-5-13-31)28-43(49-45)32-23-21-30(22-24-32)33-14-11-27-47-29-33/h3-29H,1-2H3. The van der Waals surface area contributed by atoms with Gasteiger partial charge in [0.1, 0.15) is 0 Å². The van der Waals surface area contributed by atoms with Gasteiger partial charge in [0, 0.05) is 34.5 Å². The first-order chi connectivity index (χ1) is 24.1. The van der Waals surface area contributed by atoms with Crippen LogP contribution in [-0.2, 0) is 5.41 Å². The fourth-order valence-corrected chi connectivity index (χ4v) is 7.55.